The van der Waals surface area contributed by atoms with Gasteiger partial charge in [-0.05, 0) is 67.2 Å². The molecule has 2 aromatic rings. The molecular formula is C23H25F3O2. The maximum atomic E-state index is 14.2. The minimum Gasteiger partial charge on any atom is -0.490 e. The number of hydrogen-bond donors (Lipinski definition) is 0. The molecule has 2 fully saturated rings. The highest BCUT2D eigenvalue weighted by Gasteiger charge is 2.29. The largest absolute Gasteiger partial charge is 0.490 e. The summed E-state index contributed by atoms with van der Waals surface area (Å²) >= 11 is 0. The van der Waals surface area contributed by atoms with Crippen LogP contribution in [-0.4, -0.2) is 13.2 Å². The number of halogens is 3. The molecule has 5 heteroatoms. The predicted octanol–water partition coefficient (Wildman–Crippen LogP) is 6.09. The highest BCUT2D eigenvalue weighted by atomic mass is 19.2. The third-order valence-electron chi connectivity index (χ3n) is 6.01. The highest BCUT2D eigenvalue weighted by Crippen LogP contribution is 2.38. The quantitative estimate of drug-likeness (QED) is 0.557. The Kier molecular flexibility index (Phi) is 5.63. The fourth-order valence-corrected chi connectivity index (χ4v) is 4.11. The van der Waals surface area contributed by atoms with Gasteiger partial charge in [-0.2, -0.15) is 4.39 Å². The fraction of sp³-hybridized carbons (Fsp3) is 0.478. The van der Waals surface area contributed by atoms with E-state index in [1.54, 1.807) is 19.1 Å². The van der Waals surface area contributed by atoms with Crippen molar-refractivity contribution in [3.63, 3.8) is 0 Å². The van der Waals surface area contributed by atoms with Crippen LogP contribution in [0, 0.1) is 23.4 Å². The Labute approximate surface area is 163 Å². The van der Waals surface area contributed by atoms with Crippen LogP contribution in [0.2, 0.25) is 0 Å². The van der Waals surface area contributed by atoms with Gasteiger partial charge in [-0.3, -0.25) is 0 Å². The van der Waals surface area contributed by atoms with E-state index in [1.165, 1.54) is 6.07 Å². The molecule has 1 saturated carbocycles. The zero-order valence-corrected chi connectivity index (χ0v) is 16.0. The Bertz CT molecular complexity index is 840. The molecular weight excluding hydrogens is 365 g/mol. The molecule has 0 N–H and O–H groups in total. The van der Waals surface area contributed by atoms with Crippen molar-refractivity contribution in [3.05, 3.63) is 64.5 Å². The third kappa shape index (κ3) is 4.04. The number of epoxide rings is 1. The zero-order chi connectivity index (χ0) is 19.7. The summed E-state index contributed by atoms with van der Waals surface area (Å²) in [5, 5.41) is 0. The van der Waals surface area contributed by atoms with E-state index >= 15 is 0 Å². The molecule has 150 valence electrons. The van der Waals surface area contributed by atoms with Gasteiger partial charge < -0.3 is 9.47 Å². The van der Waals surface area contributed by atoms with Crippen LogP contribution in [0.25, 0.3) is 0 Å². The zero-order valence-electron chi connectivity index (χ0n) is 16.0. The summed E-state index contributed by atoms with van der Waals surface area (Å²) in [5.74, 6) is -1.28. The van der Waals surface area contributed by atoms with E-state index in [4.69, 9.17) is 9.47 Å². The lowest BCUT2D eigenvalue weighted by Crippen LogP contribution is -2.20. The Morgan fingerprint density at radius 2 is 1.75 bits per heavy atom. The van der Waals surface area contributed by atoms with Crippen LogP contribution in [0.4, 0.5) is 13.2 Å². The molecule has 1 aliphatic carbocycles. The van der Waals surface area contributed by atoms with E-state index < -0.39 is 11.6 Å². The number of hydrogen-bond acceptors (Lipinski definition) is 2. The molecule has 2 aliphatic rings. The van der Waals surface area contributed by atoms with E-state index in [-0.39, 0.29) is 17.7 Å². The summed E-state index contributed by atoms with van der Waals surface area (Å²) in [6.07, 6.45) is 4.12. The number of benzene rings is 2. The molecule has 1 atom stereocenters. The standard InChI is InChI=1S/C23H25F3O2/c1-2-15-8-10-20(23(26)22(15)25)27-12-14-3-5-16(6-4-14)17-7-9-18(19(24)11-17)21-13-28-21/h7-11,14,16,21H,2-6,12-13H2,1H3. The van der Waals surface area contributed by atoms with Crippen molar-refractivity contribution in [1.29, 1.82) is 0 Å². The van der Waals surface area contributed by atoms with Crippen LogP contribution in [0.15, 0.2) is 30.3 Å². The van der Waals surface area contributed by atoms with Crippen LogP contribution in [0.3, 0.4) is 0 Å². The second kappa shape index (κ2) is 8.16. The molecule has 0 radical (unpaired) electrons. The Morgan fingerprint density at radius 3 is 2.39 bits per heavy atom. The Morgan fingerprint density at radius 1 is 1.00 bits per heavy atom. The first kappa shape index (κ1) is 19.3. The van der Waals surface area contributed by atoms with Gasteiger partial charge in [0.2, 0.25) is 5.82 Å². The Balaban J connectivity index is 1.31. The molecule has 2 aromatic carbocycles. The minimum atomic E-state index is -0.900. The number of aryl methyl sites for hydroxylation is 1. The lowest BCUT2D eigenvalue weighted by Gasteiger charge is -2.29. The summed E-state index contributed by atoms with van der Waals surface area (Å²) in [7, 11) is 0. The summed E-state index contributed by atoms with van der Waals surface area (Å²) in [5.41, 5.74) is 2.04. The van der Waals surface area contributed by atoms with E-state index in [1.807, 2.05) is 12.1 Å². The molecule has 1 heterocycles. The van der Waals surface area contributed by atoms with E-state index in [0.29, 0.717) is 42.6 Å². The van der Waals surface area contributed by atoms with Crippen molar-refractivity contribution in [3.8, 4) is 5.75 Å². The summed E-state index contributed by atoms with van der Waals surface area (Å²) in [4.78, 5) is 0. The molecule has 2 nitrogen and oxygen atoms in total. The first-order chi connectivity index (χ1) is 13.6. The SMILES string of the molecule is CCc1ccc(OCC2CCC(c3ccc(C4CO4)c(F)c3)CC2)c(F)c1F. The van der Waals surface area contributed by atoms with E-state index in [9.17, 15) is 13.2 Å². The van der Waals surface area contributed by atoms with Crippen molar-refractivity contribution in [2.45, 2.75) is 51.0 Å². The van der Waals surface area contributed by atoms with Gasteiger partial charge in [-0.1, -0.05) is 25.1 Å². The third-order valence-corrected chi connectivity index (χ3v) is 6.01. The van der Waals surface area contributed by atoms with Crippen molar-refractivity contribution in [2.24, 2.45) is 5.92 Å². The number of ether oxygens (including phenoxy) is 2. The fourth-order valence-electron chi connectivity index (χ4n) is 4.11. The second-order valence-electron chi connectivity index (χ2n) is 7.84. The maximum Gasteiger partial charge on any atom is 0.200 e. The van der Waals surface area contributed by atoms with E-state index in [2.05, 4.69) is 0 Å². The van der Waals surface area contributed by atoms with Crippen LogP contribution in [-0.2, 0) is 11.2 Å². The van der Waals surface area contributed by atoms with Gasteiger partial charge in [0.05, 0.1) is 13.2 Å². The second-order valence-corrected chi connectivity index (χ2v) is 7.84. The lowest BCUT2D eigenvalue weighted by atomic mass is 9.79. The van der Waals surface area contributed by atoms with Gasteiger partial charge in [0, 0.05) is 5.56 Å². The predicted molar refractivity (Wildman–Crippen MR) is 101 cm³/mol. The molecule has 1 unspecified atom stereocenters. The van der Waals surface area contributed by atoms with Gasteiger partial charge in [-0.15, -0.1) is 0 Å². The van der Waals surface area contributed by atoms with Crippen molar-refractivity contribution >= 4 is 0 Å². The topological polar surface area (TPSA) is 21.8 Å². The smallest absolute Gasteiger partial charge is 0.200 e. The highest BCUT2D eigenvalue weighted by molar-refractivity contribution is 5.31. The molecule has 1 aliphatic heterocycles. The van der Waals surface area contributed by atoms with Crippen LogP contribution < -0.4 is 4.74 Å². The molecule has 0 aromatic heterocycles. The number of rotatable bonds is 6. The van der Waals surface area contributed by atoms with E-state index in [0.717, 1.165) is 31.2 Å². The van der Waals surface area contributed by atoms with Crippen LogP contribution in [0.1, 0.15) is 61.3 Å². The molecule has 0 amide bonds. The summed E-state index contributed by atoms with van der Waals surface area (Å²) in [6, 6.07) is 8.59. The monoisotopic (exact) mass is 390 g/mol. The maximum absolute atomic E-state index is 14.2. The van der Waals surface area contributed by atoms with Gasteiger partial charge >= 0.3 is 0 Å². The molecule has 28 heavy (non-hydrogen) atoms. The van der Waals surface area contributed by atoms with Gasteiger partial charge in [0.25, 0.3) is 0 Å². The normalized spacial score (nSPS) is 24.2. The van der Waals surface area contributed by atoms with Crippen LogP contribution in [0.5, 0.6) is 5.75 Å². The van der Waals surface area contributed by atoms with Crippen molar-refractivity contribution in [1.82, 2.24) is 0 Å². The molecule has 1 saturated heterocycles. The summed E-state index contributed by atoms with van der Waals surface area (Å²) < 4.78 is 52.9. The minimum absolute atomic E-state index is 0.0169. The first-order valence-corrected chi connectivity index (χ1v) is 10.1. The average Bonchev–Trinajstić information content (AvgIpc) is 3.55. The molecule has 4 rings (SSSR count). The van der Waals surface area contributed by atoms with Gasteiger partial charge in [-0.25, -0.2) is 8.78 Å². The summed E-state index contributed by atoms with van der Waals surface area (Å²) in [6.45, 7) is 2.77. The van der Waals surface area contributed by atoms with Crippen LogP contribution >= 0.6 is 0 Å². The van der Waals surface area contributed by atoms with Crippen molar-refractivity contribution < 1.29 is 22.6 Å². The van der Waals surface area contributed by atoms with Crippen molar-refractivity contribution in [2.75, 3.05) is 13.2 Å². The lowest BCUT2D eigenvalue weighted by molar-refractivity contribution is 0.192. The average molecular weight is 390 g/mol. The first-order valence-electron chi connectivity index (χ1n) is 10.1. The van der Waals surface area contributed by atoms with Gasteiger partial charge in [0.15, 0.2) is 11.6 Å². The molecule has 0 bridgehead atoms. The Hall–Kier alpha value is -2.01. The van der Waals surface area contributed by atoms with Gasteiger partial charge in [0.1, 0.15) is 11.9 Å². The molecule has 0 spiro atoms.